The van der Waals surface area contributed by atoms with Gasteiger partial charge in [-0.2, -0.15) is 0 Å². The third kappa shape index (κ3) is 4.68. The van der Waals surface area contributed by atoms with Gasteiger partial charge in [0.15, 0.2) is 0 Å². The van der Waals surface area contributed by atoms with Crippen molar-refractivity contribution in [1.29, 1.82) is 0 Å². The molecule has 3 aromatic carbocycles. The molecule has 6 heteroatoms. The highest BCUT2D eigenvalue weighted by atomic mass is 32.2. The smallest absolute Gasteiger partial charge is 0.430 e. The Morgan fingerprint density at radius 2 is 1.41 bits per heavy atom. The molecule has 1 amide bonds. The molecule has 0 radical (unpaired) electrons. The fraction of sp³-hybridized carbons (Fsp3) is 0.0476. The first-order valence-corrected chi connectivity index (χ1v) is 8.93. The van der Waals surface area contributed by atoms with E-state index in [0.29, 0.717) is 21.9 Å². The predicted molar refractivity (Wildman–Crippen MR) is 105 cm³/mol. The molecule has 5 nitrogen and oxygen atoms in total. The molecule has 3 rings (SSSR count). The Bertz CT molecular complexity index is 916. The van der Waals surface area contributed by atoms with E-state index in [-0.39, 0.29) is 0 Å². The van der Waals surface area contributed by atoms with Gasteiger partial charge in [-0.25, -0.2) is 13.9 Å². The summed E-state index contributed by atoms with van der Waals surface area (Å²) in [6.45, 7) is 0. The van der Waals surface area contributed by atoms with Crippen molar-refractivity contribution >= 4 is 29.7 Å². The van der Waals surface area contributed by atoms with Crippen molar-refractivity contribution in [3.63, 3.8) is 0 Å². The molecule has 0 aliphatic carbocycles. The van der Waals surface area contributed by atoms with E-state index >= 15 is 0 Å². The minimum atomic E-state index is -0.572. The Labute approximate surface area is 161 Å². The van der Waals surface area contributed by atoms with E-state index in [1.54, 1.807) is 60.7 Å². The van der Waals surface area contributed by atoms with Crippen LogP contribution in [-0.4, -0.2) is 19.2 Å². The topological polar surface area (TPSA) is 55.8 Å². The van der Waals surface area contributed by atoms with Crippen molar-refractivity contribution in [2.75, 3.05) is 11.4 Å². The van der Waals surface area contributed by atoms with Crippen LogP contribution >= 0.6 is 11.9 Å². The summed E-state index contributed by atoms with van der Waals surface area (Å²) in [6.07, 6.45) is -0.572. The quantitative estimate of drug-likeness (QED) is 0.451. The van der Waals surface area contributed by atoms with Crippen molar-refractivity contribution < 1.29 is 19.1 Å². The number of carbonyl (C=O) groups is 2. The van der Waals surface area contributed by atoms with Crippen LogP contribution in [0.25, 0.3) is 0 Å². The number of para-hydroxylation sites is 2. The summed E-state index contributed by atoms with van der Waals surface area (Å²) in [7, 11) is 1.32. The first-order valence-electron chi connectivity index (χ1n) is 8.16. The second kappa shape index (κ2) is 8.91. The molecule has 27 heavy (non-hydrogen) atoms. The van der Waals surface area contributed by atoms with Gasteiger partial charge in [-0.3, -0.25) is 0 Å². The number of amides is 1. The molecule has 0 aromatic heterocycles. The van der Waals surface area contributed by atoms with Crippen LogP contribution in [0, 0.1) is 0 Å². The zero-order chi connectivity index (χ0) is 19.1. The van der Waals surface area contributed by atoms with Crippen LogP contribution in [0.4, 0.5) is 10.5 Å². The van der Waals surface area contributed by atoms with Crippen molar-refractivity contribution in [2.45, 2.75) is 4.90 Å². The number of esters is 1. The van der Waals surface area contributed by atoms with E-state index in [9.17, 15) is 9.59 Å². The number of carbonyl (C=O) groups excluding carboxylic acids is 2. The van der Waals surface area contributed by atoms with Gasteiger partial charge < -0.3 is 9.47 Å². The molecular weight excluding hydrogens is 362 g/mol. The van der Waals surface area contributed by atoms with Gasteiger partial charge in [0.05, 0.1) is 18.4 Å². The number of anilines is 1. The fourth-order valence-corrected chi connectivity index (χ4v) is 3.24. The number of benzene rings is 3. The molecule has 0 N–H and O–H groups in total. The summed E-state index contributed by atoms with van der Waals surface area (Å²) in [5.41, 5.74) is 1.00. The molecular formula is C21H17NO4S. The normalized spacial score (nSPS) is 10.1. The zero-order valence-electron chi connectivity index (χ0n) is 14.6. The zero-order valence-corrected chi connectivity index (χ0v) is 15.4. The molecule has 3 aromatic rings. The summed E-state index contributed by atoms with van der Waals surface area (Å²) in [6, 6.07) is 24.8. The van der Waals surface area contributed by atoms with E-state index in [0.717, 1.165) is 11.9 Å². The Hall–Kier alpha value is -3.25. The van der Waals surface area contributed by atoms with Crippen LogP contribution in [0.2, 0.25) is 0 Å². The second-order valence-corrected chi connectivity index (χ2v) is 6.38. The van der Waals surface area contributed by atoms with Crippen molar-refractivity contribution in [2.24, 2.45) is 0 Å². The van der Waals surface area contributed by atoms with Gasteiger partial charge in [-0.15, -0.1) is 0 Å². The minimum absolute atomic E-state index is 0.374. The third-order valence-electron chi connectivity index (χ3n) is 3.59. The predicted octanol–water partition coefficient (Wildman–Crippen LogP) is 5.19. The molecule has 0 aliphatic heterocycles. The molecule has 0 fully saturated rings. The van der Waals surface area contributed by atoms with Crippen LogP contribution < -0.4 is 9.04 Å². The standard InChI is InChI=1S/C21H17NO4S/c1-25-20(23)18-14-8-9-15-19(18)27-22(16-10-4-2-5-11-16)21(24)26-17-12-6-3-7-13-17/h2-15H,1H3. The number of rotatable bonds is 5. The summed E-state index contributed by atoms with van der Waals surface area (Å²) < 4.78 is 11.7. The molecule has 0 saturated carbocycles. The second-order valence-electron chi connectivity index (χ2n) is 5.39. The summed E-state index contributed by atoms with van der Waals surface area (Å²) in [5.74, 6) is -0.0344. The summed E-state index contributed by atoms with van der Waals surface area (Å²) >= 11 is 1.10. The van der Waals surface area contributed by atoms with Crippen LogP contribution in [-0.2, 0) is 4.74 Å². The summed E-state index contributed by atoms with van der Waals surface area (Å²) in [5, 5.41) is 0. The van der Waals surface area contributed by atoms with Crippen molar-refractivity contribution in [1.82, 2.24) is 0 Å². The van der Waals surface area contributed by atoms with Crippen LogP contribution in [0.15, 0.2) is 89.8 Å². The van der Waals surface area contributed by atoms with Gasteiger partial charge in [-0.05, 0) is 48.3 Å². The molecule has 0 bridgehead atoms. The lowest BCUT2D eigenvalue weighted by Crippen LogP contribution is -2.27. The monoisotopic (exact) mass is 379 g/mol. The molecule has 0 heterocycles. The highest BCUT2D eigenvalue weighted by Gasteiger charge is 2.23. The van der Waals surface area contributed by atoms with Crippen molar-refractivity contribution in [3.8, 4) is 5.75 Å². The highest BCUT2D eigenvalue weighted by molar-refractivity contribution is 8.01. The first-order chi connectivity index (χ1) is 13.2. The lowest BCUT2D eigenvalue weighted by atomic mass is 10.2. The maximum atomic E-state index is 12.8. The Kier molecular flexibility index (Phi) is 6.12. The van der Waals surface area contributed by atoms with Gasteiger partial charge in [0.25, 0.3) is 0 Å². The van der Waals surface area contributed by atoms with E-state index in [1.807, 2.05) is 24.3 Å². The van der Waals surface area contributed by atoms with Gasteiger partial charge in [-0.1, -0.05) is 48.5 Å². The van der Waals surface area contributed by atoms with Crippen LogP contribution in [0.5, 0.6) is 5.75 Å². The van der Waals surface area contributed by atoms with E-state index in [2.05, 4.69) is 0 Å². The number of ether oxygens (including phenoxy) is 2. The maximum absolute atomic E-state index is 12.8. The number of hydrogen-bond acceptors (Lipinski definition) is 5. The molecule has 0 spiro atoms. The molecule has 0 saturated heterocycles. The lowest BCUT2D eigenvalue weighted by Gasteiger charge is -2.21. The molecule has 0 aliphatic rings. The maximum Gasteiger partial charge on any atom is 0.430 e. The van der Waals surface area contributed by atoms with Crippen molar-refractivity contribution in [3.05, 3.63) is 90.5 Å². The number of nitrogens with zero attached hydrogens (tertiary/aromatic N) is 1. The molecule has 0 unspecified atom stereocenters. The minimum Gasteiger partial charge on any atom is -0.465 e. The van der Waals surface area contributed by atoms with Gasteiger partial charge in [0, 0.05) is 4.90 Å². The lowest BCUT2D eigenvalue weighted by molar-refractivity contribution is 0.0596. The Morgan fingerprint density at radius 1 is 0.815 bits per heavy atom. The largest absolute Gasteiger partial charge is 0.465 e. The van der Waals surface area contributed by atoms with E-state index in [4.69, 9.17) is 9.47 Å². The molecule has 0 atom stereocenters. The third-order valence-corrected chi connectivity index (χ3v) is 4.68. The average Bonchev–Trinajstić information content (AvgIpc) is 2.73. The summed E-state index contributed by atoms with van der Waals surface area (Å²) in [4.78, 5) is 25.5. The average molecular weight is 379 g/mol. The van der Waals surface area contributed by atoms with Crippen LogP contribution in [0.1, 0.15) is 10.4 Å². The van der Waals surface area contributed by atoms with Gasteiger partial charge in [0.2, 0.25) is 0 Å². The highest BCUT2D eigenvalue weighted by Crippen LogP contribution is 2.32. The Balaban J connectivity index is 1.92. The first kappa shape index (κ1) is 18.5. The van der Waals surface area contributed by atoms with Crippen LogP contribution in [0.3, 0.4) is 0 Å². The van der Waals surface area contributed by atoms with Gasteiger partial charge in [0.1, 0.15) is 5.75 Å². The fourth-order valence-electron chi connectivity index (χ4n) is 2.31. The van der Waals surface area contributed by atoms with E-state index < -0.39 is 12.1 Å². The SMILES string of the molecule is COC(=O)c1ccccc1SN(C(=O)Oc1ccccc1)c1ccccc1. The Morgan fingerprint density at radius 3 is 2.07 bits per heavy atom. The van der Waals surface area contributed by atoms with Gasteiger partial charge >= 0.3 is 12.1 Å². The number of methoxy groups -OCH3 is 1. The number of hydrogen-bond donors (Lipinski definition) is 0. The molecule has 136 valence electrons. The van der Waals surface area contributed by atoms with E-state index in [1.165, 1.54) is 11.4 Å².